The maximum atomic E-state index is 13.4. The van der Waals surface area contributed by atoms with E-state index >= 15 is 0 Å². The minimum atomic E-state index is -3.79. The molecular weight excluding hydrogens is 395 g/mol. The molecule has 0 bridgehead atoms. The third kappa shape index (κ3) is 5.33. The van der Waals surface area contributed by atoms with Crippen molar-refractivity contribution in [2.45, 2.75) is 13.0 Å². The van der Waals surface area contributed by atoms with Crippen molar-refractivity contribution in [1.82, 2.24) is 5.32 Å². The lowest BCUT2D eigenvalue weighted by molar-refractivity contribution is -0.120. The van der Waals surface area contributed by atoms with Gasteiger partial charge in [-0.25, -0.2) is 12.8 Å². The van der Waals surface area contributed by atoms with Crippen LogP contribution in [0.4, 0.5) is 10.1 Å². The number of benzene rings is 2. The number of amides is 1. The quantitative estimate of drug-likeness (QED) is 0.755. The highest BCUT2D eigenvalue weighted by atomic mass is 35.5. The van der Waals surface area contributed by atoms with E-state index in [1.165, 1.54) is 13.2 Å². The van der Waals surface area contributed by atoms with Crippen molar-refractivity contribution in [3.63, 3.8) is 0 Å². The van der Waals surface area contributed by atoms with Crippen LogP contribution in [0, 0.1) is 5.82 Å². The summed E-state index contributed by atoms with van der Waals surface area (Å²) in [6.45, 7) is 1.29. The van der Waals surface area contributed by atoms with Crippen molar-refractivity contribution in [1.29, 1.82) is 0 Å². The average molecular weight is 415 g/mol. The Balaban J connectivity index is 2.20. The van der Waals surface area contributed by atoms with Gasteiger partial charge in [0.15, 0.2) is 0 Å². The van der Waals surface area contributed by atoms with Crippen LogP contribution in [0.1, 0.15) is 18.5 Å². The van der Waals surface area contributed by atoms with Crippen LogP contribution in [0.3, 0.4) is 0 Å². The van der Waals surface area contributed by atoms with Crippen LogP contribution in [0.15, 0.2) is 42.5 Å². The second-order valence-electron chi connectivity index (χ2n) is 5.90. The summed E-state index contributed by atoms with van der Waals surface area (Å²) >= 11 is 5.73. The largest absolute Gasteiger partial charge is 0.496 e. The number of carbonyl (C=O) groups is 1. The number of hydrogen-bond acceptors (Lipinski definition) is 4. The lowest BCUT2D eigenvalue weighted by atomic mass is 10.1. The van der Waals surface area contributed by atoms with Crippen molar-refractivity contribution in [2.24, 2.45) is 0 Å². The van der Waals surface area contributed by atoms with Gasteiger partial charge in [0.2, 0.25) is 15.9 Å². The molecule has 1 amide bonds. The number of nitrogens with one attached hydrogen (secondary N) is 1. The summed E-state index contributed by atoms with van der Waals surface area (Å²) in [6, 6.07) is 10.2. The molecule has 6 nitrogen and oxygen atoms in total. The second-order valence-corrected chi connectivity index (χ2v) is 8.21. The fourth-order valence-electron chi connectivity index (χ4n) is 2.56. The highest BCUT2D eigenvalue weighted by Crippen LogP contribution is 2.26. The average Bonchev–Trinajstić information content (AvgIpc) is 2.61. The fourth-order valence-corrected chi connectivity index (χ4v) is 3.58. The van der Waals surface area contributed by atoms with E-state index in [1.54, 1.807) is 25.1 Å². The number of methoxy groups -OCH3 is 1. The van der Waals surface area contributed by atoms with Gasteiger partial charge in [-0.05, 0) is 31.2 Å². The van der Waals surface area contributed by atoms with Gasteiger partial charge in [-0.15, -0.1) is 0 Å². The van der Waals surface area contributed by atoms with Crippen LogP contribution in [0.25, 0.3) is 0 Å². The summed E-state index contributed by atoms with van der Waals surface area (Å²) in [4.78, 5) is 12.4. The zero-order valence-corrected chi connectivity index (χ0v) is 16.6. The Hall–Kier alpha value is -2.32. The lowest BCUT2D eigenvalue weighted by Gasteiger charge is -2.24. The Bertz CT molecular complexity index is 937. The second kappa shape index (κ2) is 8.58. The van der Waals surface area contributed by atoms with E-state index in [0.717, 1.165) is 28.3 Å². The van der Waals surface area contributed by atoms with Crippen LogP contribution in [0.2, 0.25) is 5.02 Å². The number of hydrogen-bond donors (Lipinski definition) is 1. The number of carbonyl (C=O) groups excluding carboxylic acids is 1. The number of nitrogens with zero attached hydrogens (tertiary/aromatic N) is 1. The van der Waals surface area contributed by atoms with Gasteiger partial charge in [0.25, 0.3) is 0 Å². The molecular formula is C18H20ClFN2O4S. The van der Waals surface area contributed by atoms with Crippen molar-refractivity contribution in [3.05, 3.63) is 58.9 Å². The standard InChI is InChI=1S/C18H20ClFN2O4S/c1-12(14-6-4-5-7-17(14)26-2)21-18(23)11-22(27(3,24)25)13-8-9-16(20)15(19)10-13/h4-10,12H,11H2,1-3H3,(H,21,23)/t12-/m0/s1. The van der Waals surface area contributed by atoms with Crippen molar-refractivity contribution >= 4 is 33.2 Å². The lowest BCUT2D eigenvalue weighted by Crippen LogP contribution is -2.41. The Morgan fingerprint density at radius 1 is 1.30 bits per heavy atom. The molecule has 0 saturated carbocycles. The Morgan fingerprint density at radius 3 is 2.56 bits per heavy atom. The number of para-hydroxylation sites is 1. The molecule has 146 valence electrons. The zero-order chi connectivity index (χ0) is 20.2. The minimum Gasteiger partial charge on any atom is -0.496 e. The molecule has 0 unspecified atom stereocenters. The van der Waals surface area contributed by atoms with Gasteiger partial charge in [-0.3, -0.25) is 9.10 Å². The number of rotatable bonds is 7. The predicted octanol–water partition coefficient (Wildman–Crippen LogP) is 3.13. The van der Waals surface area contributed by atoms with Crippen LogP contribution >= 0.6 is 11.6 Å². The molecule has 2 rings (SSSR count). The van der Waals surface area contributed by atoms with Gasteiger partial charge >= 0.3 is 0 Å². The van der Waals surface area contributed by atoms with Crippen LogP contribution in [-0.2, 0) is 14.8 Å². The number of halogens is 2. The molecule has 0 aliphatic carbocycles. The molecule has 1 N–H and O–H groups in total. The molecule has 0 aliphatic heterocycles. The van der Waals surface area contributed by atoms with Gasteiger partial charge in [-0.1, -0.05) is 29.8 Å². The van der Waals surface area contributed by atoms with E-state index in [4.69, 9.17) is 16.3 Å². The van der Waals surface area contributed by atoms with E-state index in [2.05, 4.69) is 5.32 Å². The maximum absolute atomic E-state index is 13.4. The zero-order valence-electron chi connectivity index (χ0n) is 15.1. The topological polar surface area (TPSA) is 75.7 Å². The summed E-state index contributed by atoms with van der Waals surface area (Å²) in [7, 11) is -2.26. The number of sulfonamides is 1. The van der Waals surface area contributed by atoms with E-state index in [9.17, 15) is 17.6 Å². The summed E-state index contributed by atoms with van der Waals surface area (Å²) in [6.07, 6.45) is 0.960. The van der Waals surface area contributed by atoms with E-state index in [-0.39, 0.29) is 10.7 Å². The first-order valence-corrected chi connectivity index (χ1v) is 10.2. The van der Waals surface area contributed by atoms with Gasteiger partial charge in [-0.2, -0.15) is 0 Å². The number of anilines is 1. The normalized spacial score (nSPS) is 12.3. The van der Waals surface area contributed by atoms with Crippen LogP contribution in [-0.4, -0.2) is 34.2 Å². The molecule has 1 atom stereocenters. The molecule has 0 aliphatic rings. The van der Waals surface area contributed by atoms with Gasteiger partial charge in [0, 0.05) is 5.56 Å². The van der Waals surface area contributed by atoms with Crippen LogP contribution in [0.5, 0.6) is 5.75 Å². The van der Waals surface area contributed by atoms with Gasteiger partial charge in [0.05, 0.1) is 30.1 Å². The smallest absolute Gasteiger partial charge is 0.241 e. The third-order valence-electron chi connectivity index (χ3n) is 3.86. The summed E-state index contributed by atoms with van der Waals surface area (Å²) < 4.78 is 43.7. The number of ether oxygens (including phenoxy) is 1. The summed E-state index contributed by atoms with van der Waals surface area (Å²) in [5, 5.41) is 2.50. The SMILES string of the molecule is COc1ccccc1[C@H](C)NC(=O)CN(c1ccc(F)c(Cl)c1)S(C)(=O)=O. The van der Waals surface area contributed by atoms with E-state index in [0.29, 0.717) is 5.75 Å². The van der Waals surface area contributed by atoms with Gasteiger partial charge < -0.3 is 10.1 Å². The molecule has 0 radical (unpaired) electrons. The maximum Gasteiger partial charge on any atom is 0.241 e. The highest BCUT2D eigenvalue weighted by Gasteiger charge is 2.23. The summed E-state index contributed by atoms with van der Waals surface area (Å²) in [5.74, 6) is -0.599. The molecule has 27 heavy (non-hydrogen) atoms. The molecule has 0 fully saturated rings. The van der Waals surface area contributed by atoms with Gasteiger partial charge in [0.1, 0.15) is 18.1 Å². The minimum absolute atomic E-state index is 0.101. The fraction of sp³-hybridized carbons (Fsp3) is 0.278. The first-order chi connectivity index (χ1) is 12.6. The highest BCUT2D eigenvalue weighted by molar-refractivity contribution is 7.92. The molecule has 0 saturated heterocycles. The first-order valence-electron chi connectivity index (χ1n) is 7.98. The third-order valence-corrected chi connectivity index (χ3v) is 5.29. The predicted molar refractivity (Wildman–Crippen MR) is 103 cm³/mol. The molecule has 9 heteroatoms. The van der Waals surface area contributed by atoms with Crippen molar-refractivity contribution in [2.75, 3.05) is 24.2 Å². The molecule has 0 heterocycles. The van der Waals surface area contributed by atoms with E-state index in [1.807, 2.05) is 6.07 Å². The van der Waals surface area contributed by atoms with E-state index < -0.39 is 34.3 Å². The Labute approximate surface area is 162 Å². The monoisotopic (exact) mass is 414 g/mol. The molecule has 0 aromatic heterocycles. The Kier molecular flexibility index (Phi) is 6.67. The molecule has 0 spiro atoms. The first kappa shape index (κ1) is 21.0. The van der Waals surface area contributed by atoms with Crippen molar-refractivity contribution in [3.8, 4) is 5.75 Å². The van der Waals surface area contributed by atoms with Crippen LogP contribution < -0.4 is 14.4 Å². The summed E-state index contributed by atoms with van der Waals surface area (Å²) in [5.41, 5.74) is 0.855. The molecule has 2 aromatic rings. The van der Waals surface area contributed by atoms with Crippen molar-refractivity contribution < 1.29 is 22.3 Å². The Morgan fingerprint density at radius 2 is 1.96 bits per heavy atom. The molecule has 2 aromatic carbocycles.